The summed E-state index contributed by atoms with van der Waals surface area (Å²) >= 11 is 0. The van der Waals surface area contributed by atoms with E-state index in [1.807, 2.05) is 13.8 Å². The monoisotopic (exact) mass is 475 g/mol. The van der Waals surface area contributed by atoms with Crippen LogP contribution in [0.25, 0.3) is 0 Å². The van der Waals surface area contributed by atoms with Gasteiger partial charge in [-0.05, 0) is 38.3 Å². The van der Waals surface area contributed by atoms with Crippen molar-refractivity contribution in [2.45, 2.75) is 52.3 Å². The highest BCUT2D eigenvalue weighted by molar-refractivity contribution is 5.92. The van der Waals surface area contributed by atoms with Crippen molar-refractivity contribution in [2.24, 2.45) is 5.92 Å². The van der Waals surface area contributed by atoms with E-state index in [9.17, 15) is 23.5 Å². The quantitative estimate of drug-likeness (QED) is 0.490. The molecule has 1 unspecified atom stereocenters. The summed E-state index contributed by atoms with van der Waals surface area (Å²) in [5, 5.41) is 20.8. The molecule has 34 heavy (non-hydrogen) atoms. The predicted molar refractivity (Wildman–Crippen MR) is 121 cm³/mol. The first kappa shape index (κ1) is 25.0. The molecule has 11 heteroatoms. The van der Waals surface area contributed by atoms with Crippen molar-refractivity contribution in [3.05, 3.63) is 64.7 Å². The summed E-state index contributed by atoms with van der Waals surface area (Å²) in [6, 6.07) is 4.87. The van der Waals surface area contributed by atoms with Crippen molar-refractivity contribution < 1.29 is 23.4 Å². The highest BCUT2D eigenvalue weighted by Crippen LogP contribution is 2.26. The number of para-hydroxylation sites is 1. The minimum absolute atomic E-state index is 0.0423. The zero-order valence-corrected chi connectivity index (χ0v) is 19.3. The third-order valence-electron chi connectivity index (χ3n) is 4.67. The molecule has 0 aliphatic carbocycles. The van der Waals surface area contributed by atoms with Crippen molar-refractivity contribution in [1.29, 1.82) is 0 Å². The third-order valence-corrected chi connectivity index (χ3v) is 4.67. The van der Waals surface area contributed by atoms with Gasteiger partial charge in [0.1, 0.15) is 6.04 Å². The summed E-state index contributed by atoms with van der Waals surface area (Å²) in [5.41, 5.74) is -1.66. The van der Waals surface area contributed by atoms with E-state index in [0.29, 0.717) is 6.42 Å². The fourth-order valence-corrected chi connectivity index (χ4v) is 3.28. The number of carbonyl (C=O) groups excluding carboxylic acids is 1. The molecular weight excluding hydrogens is 448 g/mol. The average Bonchev–Trinajstić information content (AvgIpc) is 3.14. The fraction of sp³-hybridized carbons (Fsp3) is 0.391. The van der Waals surface area contributed by atoms with E-state index in [-0.39, 0.29) is 24.0 Å². The number of ether oxygens (including phenoxy) is 1. The molecule has 182 valence electrons. The Morgan fingerprint density at radius 3 is 2.50 bits per heavy atom. The van der Waals surface area contributed by atoms with Crippen LogP contribution in [0.2, 0.25) is 0 Å². The molecule has 1 aromatic carbocycles. The van der Waals surface area contributed by atoms with Crippen molar-refractivity contribution in [3.63, 3.8) is 0 Å². The van der Waals surface area contributed by atoms with E-state index in [0.717, 1.165) is 29.1 Å². The van der Waals surface area contributed by atoms with Gasteiger partial charge in [0.2, 0.25) is 0 Å². The lowest BCUT2D eigenvalue weighted by molar-refractivity contribution is -0.120. The van der Waals surface area contributed by atoms with Gasteiger partial charge in [0.25, 0.3) is 11.5 Å². The number of hydrogen-bond donors (Lipinski definition) is 2. The lowest BCUT2D eigenvalue weighted by Gasteiger charge is -2.20. The number of carbonyl (C=O) groups is 1. The highest BCUT2D eigenvalue weighted by atomic mass is 19.1. The first-order valence-corrected chi connectivity index (χ1v) is 10.7. The second-order valence-corrected chi connectivity index (χ2v) is 8.97. The molecule has 0 fully saturated rings. The van der Waals surface area contributed by atoms with E-state index < -0.39 is 40.5 Å². The van der Waals surface area contributed by atoms with E-state index in [1.54, 1.807) is 26.1 Å². The van der Waals surface area contributed by atoms with Gasteiger partial charge in [-0.3, -0.25) is 14.3 Å². The Hall–Kier alpha value is -3.60. The number of hydrogen-bond acceptors (Lipinski definition) is 6. The van der Waals surface area contributed by atoms with E-state index in [4.69, 9.17) is 4.74 Å². The van der Waals surface area contributed by atoms with Crippen LogP contribution in [-0.4, -0.2) is 36.2 Å². The first-order chi connectivity index (χ1) is 15.9. The van der Waals surface area contributed by atoms with E-state index in [2.05, 4.69) is 15.5 Å². The average molecular weight is 475 g/mol. The molecular formula is C23H27F2N5O4. The summed E-state index contributed by atoms with van der Waals surface area (Å²) < 4.78 is 35.4. The maximum absolute atomic E-state index is 13.8. The van der Waals surface area contributed by atoms with Crippen LogP contribution in [-0.2, 0) is 11.3 Å². The molecule has 0 aliphatic rings. The molecule has 2 heterocycles. The minimum Gasteiger partial charge on any atom is -0.449 e. The molecule has 1 atom stereocenters. The Morgan fingerprint density at radius 2 is 1.91 bits per heavy atom. The molecule has 3 aromatic rings. The summed E-state index contributed by atoms with van der Waals surface area (Å²) in [5.74, 6) is -2.88. The number of amides is 1. The molecule has 1 amide bonds. The van der Waals surface area contributed by atoms with Gasteiger partial charge >= 0.3 is 0 Å². The number of aromatic nitrogens is 4. The first-order valence-electron chi connectivity index (χ1n) is 10.7. The predicted octanol–water partition coefficient (Wildman–Crippen LogP) is 3.51. The van der Waals surface area contributed by atoms with E-state index >= 15 is 0 Å². The molecule has 2 N–H and O–H groups in total. The van der Waals surface area contributed by atoms with Gasteiger partial charge in [0.15, 0.2) is 29.0 Å². The zero-order valence-electron chi connectivity index (χ0n) is 19.3. The third kappa shape index (κ3) is 6.47. The molecule has 0 saturated heterocycles. The maximum Gasteiger partial charge on any atom is 0.271 e. The van der Waals surface area contributed by atoms with Gasteiger partial charge in [-0.15, -0.1) is 0 Å². The fourth-order valence-electron chi connectivity index (χ4n) is 3.28. The molecule has 0 spiro atoms. The van der Waals surface area contributed by atoms with E-state index in [1.165, 1.54) is 10.7 Å². The number of anilines is 1. The molecule has 0 aliphatic heterocycles. The second kappa shape index (κ2) is 10.1. The van der Waals surface area contributed by atoms with Crippen molar-refractivity contribution in [2.75, 3.05) is 5.32 Å². The SMILES string of the molecule is CC(C)CC(C(=O)Nc1ccn(CC(C)(C)O)n1)n1ncc(Oc2c(F)cccc2F)cc1=O. The highest BCUT2D eigenvalue weighted by Gasteiger charge is 2.25. The topological polar surface area (TPSA) is 111 Å². The Kier molecular flexibility index (Phi) is 7.45. The Labute approximate surface area is 195 Å². The normalized spacial score (nSPS) is 12.6. The molecule has 0 radical (unpaired) electrons. The van der Waals surface area contributed by atoms with Crippen LogP contribution in [0.5, 0.6) is 11.5 Å². The van der Waals surface area contributed by atoms with Crippen LogP contribution in [0.3, 0.4) is 0 Å². The van der Waals surface area contributed by atoms with Crippen molar-refractivity contribution >= 4 is 11.7 Å². The van der Waals surface area contributed by atoms with Crippen LogP contribution < -0.4 is 15.6 Å². The van der Waals surface area contributed by atoms with Crippen LogP contribution in [0.1, 0.15) is 40.2 Å². The lowest BCUT2D eigenvalue weighted by atomic mass is 10.0. The van der Waals surface area contributed by atoms with Gasteiger partial charge < -0.3 is 15.2 Å². The van der Waals surface area contributed by atoms with Crippen LogP contribution in [0.15, 0.2) is 47.5 Å². The molecule has 2 aromatic heterocycles. The molecule has 3 rings (SSSR count). The Bertz CT molecular complexity index is 1200. The summed E-state index contributed by atoms with van der Waals surface area (Å²) in [7, 11) is 0. The number of nitrogens with one attached hydrogen (secondary N) is 1. The van der Waals surface area contributed by atoms with Gasteiger partial charge in [0.05, 0.1) is 18.3 Å². The number of rotatable bonds is 9. The number of aliphatic hydroxyl groups is 1. The van der Waals surface area contributed by atoms with Crippen LogP contribution >= 0.6 is 0 Å². The van der Waals surface area contributed by atoms with Crippen LogP contribution in [0.4, 0.5) is 14.6 Å². The van der Waals surface area contributed by atoms with Gasteiger partial charge in [-0.25, -0.2) is 13.5 Å². The molecule has 0 bridgehead atoms. The Morgan fingerprint density at radius 1 is 1.24 bits per heavy atom. The molecule has 9 nitrogen and oxygen atoms in total. The van der Waals surface area contributed by atoms with Gasteiger partial charge in [0, 0.05) is 18.3 Å². The largest absolute Gasteiger partial charge is 0.449 e. The second-order valence-electron chi connectivity index (χ2n) is 8.97. The summed E-state index contributed by atoms with van der Waals surface area (Å²) in [4.78, 5) is 25.8. The maximum atomic E-state index is 13.8. The lowest BCUT2D eigenvalue weighted by Crippen LogP contribution is -2.35. The smallest absolute Gasteiger partial charge is 0.271 e. The summed E-state index contributed by atoms with van der Waals surface area (Å²) in [6.45, 7) is 7.28. The van der Waals surface area contributed by atoms with Gasteiger partial charge in [-0.2, -0.15) is 10.2 Å². The zero-order chi connectivity index (χ0) is 25.0. The van der Waals surface area contributed by atoms with Crippen molar-refractivity contribution in [1.82, 2.24) is 19.6 Å². The number of benzene rings is 1. The number of halogens is 2. The van der Waals surface area contributed by atoms with Gasteiger partial charge in [-0.1, -0.05) is 19.9 Å². The molecule has 0 saturated carbocycles. The minimum atomic E-state index is -0.986. The standard InChI is InChI=1S/C23H27F2N5O4/c1-14(2)10-18(22(32)27-19-8-9-29(28-19)13-23(3,4)33)30-20(31)11-15(12-26-30)34-21-16(24)6-5-7-17(21)25/h5-9,11-12,14,18,33H,10,13H2,1-4H3,(H,27,28,32). The van der Waals surface area contributed by atoms with Crippen molar-refractivity contribution in [3.8, 4) is 11.5 Å². The summed E-state index contributed by atoms with van der Waals surface area (Å²) in [6.07, 6.45) is 3.03. The van der Waals surface area contributed by atoms with Crippen LogP contribution in [0, 0.1) is 17.6 Å². The number of nitrogens with zero attached hydrogens (tertiary/aromatic N) is 4. The Balaban J connectivity index is 1.82.